The van der Waals surface area contributed by atoms with Gasteiger partial charge in [-0.2, -0.15) is 0 Å². The molecule has 0 saturated carbocycles. The summed E-state index contributed by atoms with van der Waals surface area (Å²) in [4.78, 5) is 0. The van der Waals surface area contributed by atoms with Crippen LogP contribution in [-0.2, 0) is 14.8 Å². The monoisotopic (exact) mass is 248 g/mol. The molecule has 2 heterocycles. The fourth-order valence-electron chi connectivity index (χ4n) is 2.30. The van der Waals surface area contributed by atoms with Crippen LogP contribution in [0.5, 0.6) is 0 Å². The van der Waals surface area contributed by atoms with E-state index in [4.69, 9.17) is 4.74 Å². The molecular formula is C10H20N2O3S. The highest BCUT2D eigenvalue weighted by molar-refractivity contribution is 7.90. The van der Waals surface area contributed by atoms with Gasteiger partial charge in [0, 0.05) is 12.6 Å². The van der Waals surface area contributed by atoms with Gasteiger partial charge in [-0.25, -0.2) is 13.1 Å². The molecule has 0 bridgehead atoms. The molecule has 0 radical (unpaired) electrons. The number of hydrogen-bond donors (Lipinski definition) is 2. The largest absolute Gasteiger partial charge is 0.377 e. The van der Waals surface area contributed by atoms with Crippen molar-refractivity contribution in [2.24, 2.45) is 0 Å². The number of piperidine rings is 1. The standard InChI is InChI=1S/C10H20N2O3S/c1-8-10(4-7-15-8)12-16(13,14)9-2-5-11-6-3-9/h8-12H,2-7H2,1H3. The van der Waals surface area contributed by atoms with E-state index in [1.807, 2.05) is 6.92 Å². The number of hydrogen-bond acceptors (Lipinski definition) is 4. The van der Waals surface area contributed by atoms with Gasteiger partial charge in [0.25, 0.3) is 0 Å². The molecule has 94 valence electrons. The second-order valence-electron chi connectivity index (χ2n) is 4.58. The Hall–Kier alpha value is -0.170. The van der Waals surface area contributed by atoms with Gasteiger partial charge in [0.05, 0.1) is 11.4 Å². The Balaban J connectivity index is 1.96. The highest BCUT2D eigenvalue weighted by atomic mass is 32.2. The van der Waals surface area contributed by atoms with Gasteiger partial charge in [0.15, 0.2) is 0 Å². The van der Waals surface area contributed by atoms with Crippen molar-refractivity contribution in [3.63, 3.8) is 0 Å². The third kappa shape index (κ3) is 2.74. The zero-order valence-electron chi connectivity index (χ0n) is 9.61. The van der Waals surface area contributed by atoms with Gasteiger partial charge in [-0.05, 0) is 39.3 Å². The molecule has 2 aliphatic rings. The molecular weight excluding hydrogens is 228 g/mol. The minimum absolute atomic E-state index is 0.00325. The van der Waals surface area contributed by atoms with Crippen molar-refractivity contribution in [1.82, 2.24) is 10.0 Å². The van der Waals surface area contributed by atoms with E-state index >= 15 is 0 Å². The highest BCUT2D eigenvalue weighted by Crippen LogP contribution is 2.18. The number of sulfonamides is 1. The summed E-state index contributed by atoms with van der Waals surface area (Å²) in [5, 5.41) is 2.94. The predicted octanol–water partition coefficient (Wildman–Crippen LogP) is -0.165. The summed E-state index contributed by atoms with van der Waals surface area (Å²) in [6.07, 6.45) is 2.19. The van der Waals surface area contributed by atoms with Crippen LogP contribution in [0.1, 0.15) is 26.2 Å². The fourth-order valence-corrected chi connectivity index (χ4v) is 4.08. The molecule has 2 unspecified atom stereocenters. The SMILES string of the molecule is CC1OCCC1NS(=O)(=O)C1CCNCC1. The van der Waals surface area contributed by atoms with Crippen molar-refractivity contribution in [3.05, 3.63) is 0 Å². The van der Waals surface area contributed by atoms with Crippen molar-refractivity contribution < 1.29 is 13.2 Å². The molecule has 0 aliphatic carbocycles. The van der Waals surface area contributed by atoms with Gasteiger partial charge in [0.2, 0.25) is 10.0 Å². The lowest BCUT2D eigenvalue weighted by molar-refractivity contribution is 0.116. The first-order valence-electron chi connectivity index (χ1n) is 5.93. The second-order valence-corrected chi connectivity index (χ2v) is 6.58. The van der Waals surface area contributed by atoms with E-state index in [0.29, 0.717) is 19.4 Å². The van der Waals surface area contributed by atoms with Crippen LogP contribution in [0.25, 0.3) is 0 Å². The first-order valence-corrected chi connectivity index (χ1v) is 7.48. The van der Waals surface area contributed by atoms with Crippen molar-refractivity contribution in [2.45, 2.75) is 43.6 Å². The molecule has 0 spiro atoms. The topological polar surface area (TPSA) is 67.4 Å². The molecule has 2 atom stereocenters. The van der Waals surface area contributed by atoms with E-state index in [1.165, 1.54) is 0 Å². The summed E-state index contributed by atoms with van der Waals surface area (Å²) in [5.41, 5.74) is 0. The summed E-state index contributed by atoms with van der Waals surface area (Å²) >= 11 is 0. The maximum atomic E-state index is 12.1. The van der Waals surface area contributed by atoms with Crippen molar-refractivity contribution >= 4 is 10.0 Å². The minimum atomic E-state index is -3.17. The molecule has 2 aliphatic heterocycles. The second kappa shape index (κ2) is 5.00. The lowest BCUT2D eigenvalue weighted by Crippen LogP contribution is -2.47. The molecule has 6 heteroatoms. The van der Waals surface area contributed by atoms with Gasteiger partial charge in [-0.1, -0.05) is 0 Å². The van der Waals surface area contributed by atoms with Gasteiger partial charge in [0.1, 0.15) is 0 Å². The van der Waals surface area contributed by atoms with Crippen LogP contribution in [0.15, 0.2) is 0 Å². The fraction of sp³-hybridized carbons (Fsp3) is 1.00. The van der Waals surface area contributed by atoms with Crippen LogP contribution < -0.4 is 10.0 Å². The molecule has 2 saturated heterocycles. The van der Waals surface area contributed by atoms with E-state index in [0.717, 1.165) is 19.5 Å². The molecule has 2 N–H and O–H groups in total. The molecule has 2 rings (SSSR count). The van der Waals surface area contributed by atoms with E-state index in [-0.39, 0.29) is 17.4 Å². The lowest BCUT2D eigenvalue weighted by atomic mass is 10.2. The van der Waals surface area contributed by atoms with Crippen LogP contribution in [0, 0.1) is 0 Å². The Bertz CT molecular complexity index is 325. The summed E-state index contributed by atoms with van der Waals surface area (Å²) in [7, 11) is -3.17. The first-order chi connectivity index (χ1) is 7.59. The van der Waals surface area contributed by atoms with Crippen LogP contribution in [0.4, 0.5) is 0 Å². The van der Waals surface area contributed by atoms with Crippen LogP contribution in [0.2, 0.25) is 0 Å². The van der Waals surface area contributed by atoms with Crippen LogP contribution in [-0.4, -0.2) is 45.5 Å². The summed E-state index contributed by atoms with van der Waals surface area (Å²) in [5.74, 6) is 0. The van der Waals surface area contributed by atoms with Crippen molar-refractivity contribution in [1.29, 1.82) is 0 Å². The van der Waals surface area contributed by atoms with E-state index < -0.39 is 10.0 Å². The predicted molar refractivity (Wildman–Crippen MR) is 61.8 cm³/mol. The zero-order chi connectivity index (χ0) is 11.6. The van der Waals surface area contributed by atoms with Gasteiger partial charge in [-0.15, -0.1) is 0 Å². The number of ether oxygens (including phenoxy) is 1. The van der Waals surface area contributed by atoms with Gasteiger partial charge in [-0.3, -0.25) is 0 Å². The Kier molecular flexibility index (Phi) is 3.84. The normalized spacial score (nSPS) is 33.1. The average molecular weight is 248 g/mol. The Morgan fingerprint density at radius 2 is 1.94 bits per heavy atom. The molecule has 0 aromatic heterocycles. The highest BCUT2D eigenvalue weighted by Gasteiger charge is 2.33. The third-order valence-corrected chi connectivity index (χ3v) is 5.40. The van der Waals surface area contributed by atoms with Crippen molar-refractivity contribution in [2.75, 3.05) is 19.7 Å². The Labute approximate surface area is 97.0 Å². The number of nitrogens with one attached hydrogen (secondary N) is 2. The minimum Gasteiger partial charge on any atom is -0.377 e. The lowest BCUT2D eigenvalue weighted by Gasteiger charge is -2.25. The smallest absolute Gasteiger partial charge is 0.214 e. The quantitative estimate of drug-likeness (QED) is 0.728. The Morgan fingerprint density at radius 1 is 1.25 bits per heavy atom. The number of rotatable bonds is 3. The third-order valence-electron chi connectivity index (χ3n) is 3.42. The maximum Gasteiger partial charge on any atom is 0.214 e. The molecule has 0 aromatic rings. The first kappa shape index (κ1) is 12.3. The van der Waals surface area contributed by atoms with Crippen LogP contribution in [0.3, 0.4) is 0 Å². The molecule has 0 aromatic carbocycles. The average Bonchev–Trinajstić information content (AvgIpc) is 2.65. The Morgan fingerprint density at radius 3 is 2.50 bits per heavy atom. The summed E-state index contributed by atoms with van der Waals surface area (Å²) in [6, 6.07) is -0.0418. The molecule has 0 amide bonds. The van der Waals surface area contributed by atoms with E-state index in [9.17, 15) is 8.42 Å². The molecule has 16 heavy (non-hydrogen) atoms. The van der Waals surface area contributed by atoms with Gasteiger partial charge < -0.3 is 10.1 Å². The van der Waals surface area contributed by atoms with Crippen molar-refractivity contribution in [3.8, 4) is 0 Å². The summed E-state index contributed by atoms with van der Waals surface area (Å²) in [6.45, 7) is 4.16. The molecule has 2 fully saturated rings. The maximum absolute atomic E-state index is 12.1. The van der Waals surface area contributed by atoms with E-state index in [2.05, 4.69) is 10.0 Å². The summed E-state index contributed by atoms with van der Waals surface area (Å²) < 4.78 is 32.3. The molecule has 5 nitrogen and oxygen atoms in total. The van der Waals surface area contributed by atoms with Crippen LogP contribution >= 0.6 is 0 Å². The zero-order valence-corrected chi connectivity index (χ0v) is 10.4. The van der Waals surface area contributed by atoms with E-state index in [1.54, 1.807) is 0 Å². The van der Waals surface area contributed by atoms with Gasteiger partial charge >= 0.3 is 0 Å².